The Balaban J connectivity index is 1.77. The standard InChI is InChI=1S/C10H17N3O2/c11-9(14)4-6-13-5-3-8(10(13)15)12-7-1-2-7/h7-8,12H,1-6H2,(H2,11,14). The van der Waals surface area contributed by atoms with Gasteiger partial charge in [0.2, 0.25) is 11.8 Å². The van der Waals surface area contributed by atoms with Gasteiger partial charge in [0, 0.05) is 25.6 Å². The average molecular weight is 211 g/mol. The van der Waals surface area contributed by atoms with E-state index in [4.69, 9.17) is 5.73 Å². The van der Waals surface area contributed by atoms with E-state index in [-0.39, 0.29) is 24.3 Å². The summed E-state index contributed by atoms with van der Waals surface area (Å²) in [7, 11) is 0. The lowest BCUT2D eigenvalue weighted by molar-refractivity contribution is -0.129. The molecule has 0 aromatic heterocycles. The number of primary amides is 1. The number of carbonyl (C=O) groups is 2. The fraction of sp³-hybridized carbons (Fsp3) is 0.800. The topological polar surface area (TPSA) is 75.4 Å². The van der Waals surface area contributed by atoms with Crippen LogP contribution in [0.15, 0.2) is 0 Å². The van der Waals surface area contributed by atoms with Gasteiger partial charge in [-0.25, -0.2) is 0 Å². The minimum Gasteiger partial charge on any atom is -0.370 e. The number of nitrogens with two attached hydrogens (primary N) is 1. The largest absolute Gasteiger partial charge is 0.370 e. The summed E-state index contributed by atoms with van der Waals surface area (Å²) < 4.78 is 0. The molecule has 0 aromatic rings. The van der Waals surface area contributed by atoms with Crippen LogP contribution in [-0.2, 0) is 9.59 Å². The molecule has 1 saturated carbocycles. The molecule has 0 radical (unpaired) electrons. The third-order valence-electron chi connectivity index (χ3n) is 2.94. The van der Waals surface area contributed by atoms with Crippen molar-refractivity contribution in [1.82, 2.24) is 10.2 Å². The monoisotopic (exact) mass is 211 g/mol. The van der Waals surface area contributed by atoms with E-state index in [1.165, 1.54) is 12.8 Å². The molecule has 1 saturated heterocycles. The molecule has 2 aliphatic rings. The number of amides is 2. The van der Waals surface area contributed by atoms with Crippen molar-refractivity contribution in [3.05, 3.63) is 0 Å². The van der Waals surface area contributed by atoms with Crippen molar-refractivity contribution in [2.75, 3.05) is 13.1 Å². The zero-order chi connectivity index (χ0) is 10.8. The van der Waals surface area contributed by atoms with Crippen LogP contribution in [0.1, 0.15) is 25.7 Å². The van der Waals surface area contributed by atoms with Crippen LogP contribution in [0.25, 0.3) is 0 Å². The maximum Gasteiger partial charge on any atom is 0.239 e. The minimum atomic E-state index is -0.346. The Morgan fingerprint density at radius 3 is 2.80 bits per heavy atom. The lowest BCUT2D eigenvalue weighted by Gasteiger charge is -2.15. The Kier molecular flexibility index (Phi) is 2.90. The van der Waals surface area contributed by atoms with Crippen LogP contribution >= 0.6 is 0 Å². The fourth-order valence-corrected chi connectivity index (χ4v) is 1.90. The smallest absolute Gasteiger partial charge is 0.239 e. The fourth-order valence-electron chi connectivity index (χ4n) is 1.90. The highest BCUT2D eigenvalue weighted by Crippen LogP contribution is 2.22. The third-order valence-corrected chi connectivity index (χ3v) is 2.94. The van der Waals surface area contributed by atoms with Gasteiger partial charge in [-0.2, -0.15) is 0 Å². The average Bonchev–Trinajstić information content (AvgIpc) is 2.92. The molecule has 0 spiro atoms. The molecule has 1 heterocycles. The highest BCUT2D eigenvalue weighted by molar-refractivity contribution is 5.84. The predicted octanol–water partition coefficient (Wildman–Crippen LogP) is -0.785. The van der Waals surface area contributed by atoms with E-state index >= 15 is 0 Å². The maximum atomic E-state index is 11.8. The molecule has 1 aliphatic carbocycles. The zero-order valence-corrected chi connectivity index (χ0v) is 8.74. The number of hydrogen-bond acceptors (Lipinski definition) is 3. The van der Waals surface area contributed by atoms with Gasteiger partial charge in [-0.15, -0.1) is 0 Å². The number of hydrogen-bond donors (Lipinski definition) is 2. The highest BCUT2D eigenvalue weighted by Gasteiger charge is 2.35. The Bertz CT molecular complexity index is 276. The summed E-state index contributed by atoms with van der Waals surface area (Å²) in [6.45, 7) is 1.22. The predicted molar refractivity (Wildman–Crippen MR) is 55.0 cm³/mol. The van der Waals surface area contributed by atoms with Crippen molar-refractivity contribution in [1.29, 1.82) is 0 Å². The summed E-state index contributed by atoms with van der Waals surface area (Å²) in [4.78, 5) is 24.1. The van der Waals surface area contributed by atoms with Gasteiger partial charge in [-0.05, 0) is 19.3 Å². The van der Waals surface area contributed by atoms with Gasteiger partial charge in [0.05, 0.1) is 6.04 Å². The number of carbonyl (C=O) groups excluding carboxylic acids is 2. The first-order chi connectivity index (χ1) is 7.16. The van der Waals surface area contributed by atoms with E-state index in [2.05, 4.69) is 5.32 Å². The van der Waals surface area contributed by atoms with Crippen LogP contribution in [0.5, 0.6) is 0 Å². The zero-order valence-electron chi connectivity index (χ0n) is 8.74. The van der Waals surface area contributed by atoms with E-state index in [1.807, 2.05) is 0 Å². The molecule has 2 rings (SSSR count). The van der Waals surface area contributed by atoms with E-state index in [1.54, 1.807) is 4.90 Å². The Hall–Kier alpha value is -1.10. The summed E-state index contributed by atoms with van der Waals surface area (Å²) in [5.41, 5.74) is 5.05. The summed E-state index contributed by atoms with van der Waals surface area (Å²) in [6.07, 6.45) is 3.49. The lowest BCUT2D eigenvalue weighted by Crippen LogP contribution is -2.40. The molecule has 1 atom stereocenters. The van der Waals surface area contributed by atoms with Crippen LogP contribution in [0, 0.1) is 0 Å². The molecule has 3 N–H and O–H groups in total. The third kappa shape index (κ3) is 2.68. The molecule has 0 aromatic carbocycles. The molecule has 2 amide bonds. The van der Waals surface area contributed by atoms with Gasteiger partial charge >= 0.3 is 0 Å². The normalized spacial score (nSPS) is 26.0. The number of rotatable bonds is 5. The SMILES string of the molecule is NC(=O)CCN1CCC(NC2CC2)C1=O. The van der Waals surface area contributed by atoms with E-state index < -0.39 is 0 Å². The molecule has 5 nitrogen and oxygen atoms in total. The molecule has 0 bridgehead atoms. The van der Waals surface area contributed by atoms with Crippen LogP contribution in [0.2, 0.25) is 0 Å². The van der Waals surface area contributed by atoms with Crippen LogP contribution in [-0.4, -0.2) is 41.9 Å². The van der Waals surface area contributed by atoms with Crippen LogP contribution in [0.4, 0.5) is 0 Å². The van der Waals surface area contributed by atoms with Crippen molar-refractivity contribution in [3.8, 4) is 0 Å². The Labute approximate surface area is 89.0 Å². The second-order valence-corrected chi connectivity index (χ2v) is 4.32. The van der Waals surface area contributed by atoms with Gasteiger partial charge in [0.15, 0.2) is 0 Å². The first kappa shape index (κ1) is 10.4. The Morgan fingerprint density at radius 1 is 1.47 bits per heavy atom. The number of likely N-dealkylation sites (tertiary alicyclic amines) is 1. The second kappa shape index (κ2) is 4.18. The van der Waals surface area contributed by atoms with Crippen molar-refractivity contribution in [2.45, 2.75) is 37.8 Å². The minimum absolute atomic E-state index is 0.0228. The van der Waals surface area contributed by atoms with Gasteiger partial charge in [0.25, 0.3) is 0 Å². The van der Waals surface area contributed by atoms with Crippen LogP contribution < -0.4 is 11.1 Å². The van der Waals surface area contributed by atoms with Crippen molar-refractivity contribution >= 4 is 11.8 Å². The molecule has 5 heteroatoms. The molecule has 2 fully saturated rings. The lowest BCUT2D eigenvalue weighted by atomic mass is 10.2. The summed E-state index contributed by atoms with van der Waals surface area (Å²) in [5, 5.41) is 3.31. The Morgan fingerprint density at radius 2 is 2.20 bits per heavy atom. The van der Waals surface area contributed by atoms with Crippen molar-refractivity contribution < 1.29 is 9.59 Å². The van der Waals surface area contributed by atoms with E-state index in [0.717, 1.165) is 13.0 Å². The second-order valence-electron chi connectivity index (χ2n) is 4.32. The molecule has 1 aliphatic heterocycles. The first-order valence-corrected chi connectivity index (χ1v) is 5.50. The molecule has 1 unspecified atom stereocenters. The van der Waals surface area contributed by atoms with E-state index in [9.17, 15) is 9.59 Å². The molecular formula is C10H17N3O2. The van der Waals surface area contributed by atoms with Gasteiger partial charge in [-0.1, -0.05) is 0 Å². The van der Waals surface area contributed by atoms with Gasteiger partial charge < -0.3 is 16.0 Å². The number of nitrogens with zero attached hydrogens (tertiary/aromatic N) is 1. The quantitative estimate of drug-likeness (QED) is 0.626. The van der Waals surface area contributed by atoms with E-state index in [0.29, 0.717) is 12.6 Å². The maximum absolute atomic E-state index is 11.8. The highest BCUT2D eigenvalue weighted by atomic mass is 16.2. The molecule has 84 valence electrons. The summed E-state index contributed by atoms with van der Waals surface area (Å²) in [5.74, 6) is -0.218. The van der Waals surface area contributed by atoms with Crippen LogP contribution in [0.3, 0.4) is 0 Å². The summed E-state index contributed by atoms with van der Waals surface area (Å²) in [6, 6.07) is 0.528. The summed E-state index contributed by atoms with van der Waals surface area (Å²) >= 11 is 0. The number of nitrogens with one attached hydrogen (secondary N) is 1. The first-order valence-electron chi connectivity index (χ1n) is 5.50. The molecule has 15 heavy (non-hydrogen) atoms. The van der Waals surface area contributed by atoms with Crippen molar-refractivity contribution in [3.63, 3.8) is 0 Å². The van der Waals surface area contributed by atoms with Gasteiger partial charge in [-0.3, -0.25) is 9.59 Å². The van der Waals surface area contributed by atoms with Crippen molar-refractivity contribution in [2.24, 2.45) is 5.73 Å². The van der Waals surface area contributed by atoms with Gasteiger partial charge in [0.1, 0.15) is 0 Å². The molecular weight excluding hydrogens is 194 g/mol.